The van der Waals surface area contributed by atoms with Crippen LogP contribution in [0.25, 0.3) is 10.8 Å². The normalized spacial score (nSPS) is 12.6. The molecular formula is C22H33N3O. The van der Waals surface area contributed by atoms with Crippen LogP contribution < -0.4 is 5.32 Å². The van der Waals surface area contributed by atoms with E-state index in [1.165, 1.54) is 10.8 Å². The van der Waals surface area contributed by atoms with Crippen LogP contribution >= 0.6 is 0 Å². The van der Waals surface area contributed by atoms with Crippen molar-refractivity contribution in [2.24, 2.45) is 0 Å². The van der Waals surface area contributed by atoms with E-state index in [1.807, 2.05) is 17.0 Å². The first-order chi connectivity index (χ1) is 12.5. The van der Waals surface area contributed by atoms with Crippen molar-refractivity contribution in [1.82, 2.24) is 15.1 Å². The van der Waals surface area contributed by atoms with Crippen LogP contribution in [0.3, 0.4) is 0 Å². The van der Waals surface area contributed by atoms with Gasteiger partial charge in [-0.15, -0.1) is 0 Å². The third kappa shape index (κ3) is 4.98. The Morgan fingerprint density at radius 2 is 1.62 bits per heavy atom. The molecule has 2 aromatic rings. The van der Waals surface area contributed by atoms with Crippen LogP contribution in [0.5, 0.6) is 0 Å². The maximum absolute atomic E-state index is 12.9. The summed E-state index contributed by atoms with van der Waals surface area (Å²) in [7, 11) is 0. The van der Waals surface area contributed by atoms with Crippen molar-refractivity contribution in [3.63, 3.8) is 0 Å². The van der Waals surface area contributed by atoms with Crippen molar-refractivity contribution < 1.29 is 4.79 Å². The fourth-order valence-corrected chi connectivity index (χ4v) is 3.36. The van der Waals surface area contributed by atoms with Gasteiger partial charge in [-0.2, -0.15) is 0 Å². The third-order valence-corrected chi connectivity index (χ3v) is 5.07. The monoisotopic (exact) mass is 355 g/mol. The first-order valence-electron chi connectivity index (χ1n) is 9.75. The maximum Gasteiger partial charge on any atom is 0.318 e. The number of fused-ring (bicyclic) bond motifs is 1. The van der Waals surface area contributed by atoms with Gasteiger partial charge in [0.25, 0.3) is 0 Å². The fourth-order valence-electron chi connectivity index (χ4n) is 3.36. The van der Waals surface area contributed by atoms with E-state index >= 15 is 0 Å². The average molecular weight is 356 g/mol. The molecule has 142 valence electrons. The summed E-state index contributed by atoms with van der Waals surface area (Å²) in [4.78, 5) is 17.2. The molecule has 2 rings (SSSR count). The minimum absolute atomic E-state index is 0.00703. The Balaban J connectivity index is 2.10. The molecule has 0 bridgehead atoms. The third-order valence-electron chi connectivity index (χ3n) is 5.07. The Hall–Kier alpha value is -2.07. The highest BCUT2D eigenvalue weighted by Crippen LogP contribution is 2.24. The number of benzene rings is 2. The number of likely N-dealkylation sites (N-methyl/N-ethyl adjacent to an activating group) is 1. The molecule has 0 aliphatic carbocycles. The van der Waals surface area contributed by atoms with Gasteiger partial charge >= 0.3 is 6.03 Å². The molecule has 2 amide bonds. The van der Waals surface area contributed by atoms with Gasteiger partial charge in [0.15, 0.2) is 0 Å². The van der Waals surface area contributed by atoms with Gasteiger partial charge in [0, 0.05) is 19.1 Å². The summed E-state index contributed by atoms with van der Waals surface area (Å²) in [6.07, 6.45) is 0. The van der Waals surface area contributed by atoms with E-state index in [0.29, 0.717) is 0 Å². The molecule has 1 atom stereocenters. The van der Waals surface area contributed by atoms with Gasteiger partial charge < -0.3 is 15.1 Å². The zero-order valence-electron chi connectivity index (χ0n) is 16.8. The standard InChI is InChI=1S/C22H33N3O/c1-6-24(7-2)15-16-25(17(3)4)22(26)23-18(5)20-14-10-12-19-11-8-9-13-21(19)20/h8-14,17-18H,6-7,15-16H2,1-5H3,(H,23,26)/t18-/m0/s1. The fraction of sp³-hybridized carbons (Fsp3) is 0.500. The topological polar surface area (TPSA) is 35.6 Å². The van der Waals surface area contributed by atoms with Gasteiger partial charge in [-0.05, 0) is 50.2 Å². The van der Waals surface area contributed by atoms with E-state index in [-0.39, 0.29) is 18.1 Å². The van der Waals surface area contributed by atoms with Crippen molar-refractivity contribution in [3.05, 3.63) is 48.0 Å². The summed E-state index contributed by atoms with van der Waals surface area (Å²) in [6.45, 7) is 14.2. The lowest BCUT2D eigenvalue weighted by Gasteiger charge is -2.31. The number of urea groups is 1. The smallest absolute Gasteiger partial charge is 0.318 e. The van der Waals surface area contributed by atoms with Gasteiger partial charge in [-0.1, -0.05) is 56.3 Å². The number of carbonyl (C=O) groups is 1. The zero-order chi connectivity index (χ0) is 19.1. The summed E-state index contributed by atoms with van der Waals surface area (Å²) in [5.74, 6) is 0. The van der Waals surface area contributed by atoms with Crippen LogP contribution in [0.2, 0.25) is 0 Å². The molecular weight excluding hydrogens is 322 g/mol. The highest BCUT2D eigenvalue weighted by atomic mass is 16.2. The molecule has 1 N–H and O–H groups in total. The summed E-state index contributed by atoms with van der Waals surface area (Å²) in [6, 6.07) is 14.7. The van der Waals surface area contributed by atoms with Crippen molar-refractivity contribution in [2.75, 3.05) is 26.2 Å². The second-order valence-corrected chi connectivity index (χ2v) is 7.05. The average Bonchev–Trinajstić information content (AvgIpc) is 2.64. The van der Waals surface area contributed by atoms with E-state index in [9.17, 15) is 4.79 Å². The highest BCUT2D eigenvalue weighted by Gasteiger charge is 2.20. The van der Waals surface area contributed by atoms with Crippen molar-refractivity contribution in [3.8, 4) is 0 Å². The SMILES string of the molecule is CCN(CC)CCN(C(=O)N[C@@H](C)c1cccc2ccccc12)C(C)C. The second-order valence-electron chi connectivity index (χ2n) is 7.05. The van der Waals surface area contributed by atoms with Crippen LogP contribution in [0.15, 0.2) is 42.5 Å². The van der Waals surface area contributed by atoms with Gasteiger partial charge in [0.05, 0.1) is 6.04 Å². The van der Waals surface area contributed by atoms with Gasteiger partial charge in [-0.3, -0.25) is 0 Å². The van der Waals surface area contributed by atoms with E-state index < -0.39 is 0 Å². The molecule has 2 aromatic carbocycles. The summed E-state index contributed by atoms with van der Waals surface area (Å²) >= 11 is 0. The predicted octanol–water partition coefficient (Wildman–Crippen LogP) is 4.66. The number of nitrogens with one attached hydrogen (secondary N) is 1. The number of nitrogens with zero attached hydrogens (tertiary/aromatic N) is 2. The molecule has 0 heterocycles. The van der Waals surface area contributed by atoms with Crippen LogP contribution in [-0.4, -0.2) is 48.1 Å². The Bertz CT molecular complexity index is 704. The lowest BCUT2D eigenvalue weighted by Crippen LogP contribution is -2.47. The molecule has 4 nitrogen and oxygen atoms in total. The number of hydrogen-bond donors (Lipinski definition) is 1. The Morgan fingerprint density at radius 1 is 0.962 bits per heavy atom. The van der Waals surface area contributed by atoms with E-state index in [0.717, 1.165) is 31.7 Å². The number of rotatable bonds is 8. The molecule has 0 saturated carbocycles. The maximum atomic E-state index is 12.9. The number of amides is 2. The zero-order valence-corrected chi connectivity index (χ0v) is 16.8. The minimum Gasteiger partial charge on any atom is -0.331 e. The van der Waals surface area contributed by atoms with E-state index in [1.54, 1.807) is 0 Å². The van der Waals surface area contributed by atoms with Crippen LogP contribution in [-0.2, 0) is 0 Å². The Labute approximate surface area is 158 Å². The highest BCUT2D eigenvalue weighted by molar-refractivity contribution is 5.86. The molecule has 0 unspecified atom stereocenters. The molecule has 0 spiro atoms. The van der Waals surface area contributed by atoms with Crippen molar-refractivity contribution >= 4 is 16.8 Å². The first kappa shape index (κ1) is 20.2. The van der Waals surface area contributed by atoms with Crippen molar-refractivity contribution in [2.45, 2.75) is 46.7 Å². The molecule has 0 radical (unpaired) electrons. The van der Waals surface area contributed by atoms with E-state index in [4.69, 9.17) is 0 Å². The molecule has 0 aliphatic heterocycles. The van der Waals surface area contributed by atoms with Gasteiger partial charge in [0.2, 0.25) is 0 Å². The van der Waals surface area contributed by atoms with Crippen LogP contribution in [0.4, 0.5) is 4.79 Å². The Kier molecular flexibility index (Phi) is 7.46. The molecule has 0 aromatic heterocycles. The van der Waals surface area contributed by atoms with E-state index in [2.05, 4.69) is 75.2 Å². The number of hydrogen-bond acceptors (Lipinski definition) is 2. The minimum atomic E-state index is -0.0386. The summed E-state index contributed by atoms with van der Waals surface area (Å²) in [5, 5.41) is 5.60. The van der Waals surface area contributed by atoms with Crippen LogP contribution in [0, 0.1) is 0 Å². The quantitative estimate of drug-likeness (QED) is 0.747. The lowest BCUT2D eigenvalue weighted by atomic mass is 10.00. The summed E-state index contributed by atoms with van der Waals surface area (Å²) in [5.41, 5.74) is 1.16. The molecule has 4 heteroatoms. The molecule has 0 aliphatic rings. The first-order valence-corrected chi connectivity index (χ1v) is 9.75. The largest absolute Gasteiger partial charge is 0.331 e. The lowest BCUT2D eigenvalue weighted by molar-refractivity contribution is 0.167. The predicted molar refractivity (Wildman–Crippen MR) is 111 cm³/mol. The molecule has 0 saturated heterocycles. The van der Waals surface area contributed by atoms with Gasteiger partial charge in [-0.25, -0.2) is 4.79 Å². The summed E-state index contributed by atoms with van der Waals surface area (Å²) < 4.78 is 0. The number of carbonyl (C=O) groups excluding carboxylic acids is 1. The molecule has 26 heavy (non-hydrogen) atoms. The Morgan fingerprint density at radius 3 is 2.27 bits per heavy atom. The van der Waals surface area contributed by atoms with Crippen molar-refractivity contribution in [1.29, 1.82) is 0 Å². The second kappa shape index (κ2) is 9.58. The van der Waals surface area contributed by atoms with Gasteiger partial charge in [0.1, 0.15) is 0 Å². The molecule has 0 fully saturated rings. The van der Waals surface area contributed by atoms with Crippen LogP contribution in [0.1, 0.15) is 46.2 Å².